The van der Waals surface area contributed by atoms with Gasteiger partial charge in [0, 0.05) is 0 Å². The van der Waals surface area contributed by atoms with Gasteiger partial charge in [-0.1, -0.05) is 6.92 Å². The third-order valence-electron chi connectivity index (χ3n) is 0. The van der Waals surface area contributed by atoms with Crippen molar-refractivity contribution in [1.82, 2.24) is 0 Å². The van der Waals surface area contributed by atoms with Crippen molar-refractivity contribution in [2.75, 3.05) is 6.54 Å². The second-order valence-corrected chi connectivity index (χ2v) is 0.408. The zero-order chi connectivity index (χ0) is 2.71. The number of hydrogen-bond donors (Lipinski definition) is 1. The average molecular weight is 153 g/mol. The molecule has 0 bridgehead atoms. The molecule has 0 saturated carbocycles. The van der Waals surface area contributed by atoms with Crippen LogP contribution >= 0.6 is 0 Å². The molecule has 0 aliphatic rings. The highest BCUT2D eigenvalue weighted by atomic mass is 16.0. The lowest BCUT2D eigenvalue weighted by molar-refractivity contribution is 0.823. The molecular formula is C2H19NO6. The quantitative estimate of drug-likeness (QED) is 0.355. The molecule has 0 aliphatic carbocycles. The van der Waals surface area contributed by atoms with Crippen LogP contribution in [0.5, 0.6) is 0 Å². The van der Waals surface area contributed by atoms with Gasteiger partial charge >= 0.3 is 0 Å². The van der Waals surface area contributed by atoms with Crippen molar-refractivity contribution in [2.45, 2.75) is 6.92 Å². The summed E-state index contributed by atoms with van der Waals surface area (Å²) in [4.78, 5) is 0. The maximum Gasteiger partial charge on any atom is -0.0106 e. The molecule has 0 aromatic heterocycles. The highest BCUT2D eigenvalue weighted by molar-refractivity contribution is 4.00. The van der Waals surface area contributed by atoms with E-state index < -0.39 is 0 Å². The lowest BCUT2D eigenvalue weighted by atomic mass is 10.8. The molecule has 7 nitrogen and oxygen atoms in total. The van der Waals surface area contributed by atoms with E-state index in [1.165, 1.54) is 0 Å². The highest BCUT2D eigenvalue weighted by Crippen LogP contribution is 1.20. The Morgan fingerprint density at radius 2 is 0.778 bits per heavy atom. The second-order valence-electron chi connectivity index (χ2n) is 0.408. The topological polar surface area (TPSA) is 215 Å². The summed E-state index contributed by atoms with van der Waals surface area (Å²) in [5.74, 6) is 0. The van der Waals surface area contributed by atoms with Crippen LogP contribution in [0.25, 0.3) is 0 Å². The van der Waals surface area contributed by atoms with Crippen molar-refractivity contribution >= 4 is 0 Å². The molecule has 0 aromatic rings. The molecule has 14 N–H and O–H groups in total. The van der Waals surface area contributed by atoms with Gasteiger partial charge in [0.1, 0.15) is 0 Å². The van der Waals surface area contributed by atoms with Crippen LogP contribution in [-0.2, 0) is 0 Å². The van der Waals surface area contributed by atoms with Crippen LogP contribution in [0, 0.1) is 0 Å². The van der Waals surface area contributed by atoms with Crippen LogP contribution in [0.4, 0.5) is 0 Å². The fourth-order valence-electron chi connectivity index (χ4n) is 0. The molecule has 0 radical (unpaired) electrons. The van der Waals surface area contributed by atoms with Gasteiger partial charge in [-0.25, -0.2) is 0 Å². The minimum Gasteiger partial charge on any atom is -0.412 e. The van der Waals surface area contributed by atoms with Crippen LogP contribution in [0.3, 0.4) is 0 Å². The lowest BCUT2D eigenvalue weighted by Crippen LogP contribution is -1.87. The summed E-state index contributed by atoms with van der Waals surface area (Å²) < 4.78 is 0. The number of nitrogens with two attached hydrogens (primary N) is 1. The Morgan fingerprint density at radius 3 is 0.778 bits per heavy atom. The molecule has 0 saturated heterocycles. The highest BCUT2D eigenvalue weighted by Gasteiger charge is 1.32. The van der Waals surface area contributed by atoms with Crippen molar-refractivity contribution in [1.29, 1.82) is 0 Å². The Bertz CT molecular complexity index is 11.0. The minimum absolute atomic E-state index is 0. The maximum atomic E-state index is 4.85. The van der Waals surface area contributed by atoms with Gasteiger partial charge in [-0.05, 0) is 6.54 Å². The summed E-state index contributed by atoms with van der Waals surface area (Å²) in [6.45, 7) is 2.65. The molecule has 9 heavy (non-hydrogen) atoms. The molecule has 0 heterocycles. The Kier molecular flexibility index (Phi) is 13100. The minimum atomic E-state index is 0. The zero-order valence-corrected chi connectivity index (χ0v) is 5.28. The van der Waals surface area contributed by atoms with Crippen molar-refractivity contribution in [3.63, 3.8) is 0 Å². The van der Waals surface area contributed by atoms with Crippen molar-refractivity contribution in [2.24, 2.45) is 5.73 Å². The molecule has 68 valence electrons. The average Bonchev–Trinajstić information content (AvgIpc) is 0.918. The van der Waals surface area contributed by atoms with Crippen molar-refractivity contribution < 1.29 is 32.9 Å². The summed E-state index contributed by atoms with van der Waals surface area (Å²) in [6, 6.07) is 0. The van der Waals surface area contributed by atoms with Crippen molar-refractivity contribution in [3.8, 4) is 0 Å². The van der Waals surface area contributed by atoms with E-state index in [0.29, 0.717) is 0 Å². The van der Waals surface area contributed by atoms with Crippen LogP contribution < -0.4 is 5.73 Å². The van der Waals surface area contributed by atoms with E-state index in [9.17, 15) is 0 Å². The van der Waals surface area contributed by atoms with Gasteiger partial charge in [0.25, 0.3) is 0 Å². The van der Waals surface area contributed by atoms with Gasteiger partial charge in [0.2, 0.25) is 0 Å². The van der Waals surface area contributed by atoms with E-state index in [1.54, 1.807) is 0 Å². The zero-order valence-electron chi connectivity index (χ0n) is 5.28. The van der Waals surface area contributed by atoms with E-state index in [1.807, 2.05) is 6.92 Å². The number of hydrogen-bond acceptors (Lipinski definition) is 1. The van der Waals surface area contributed by atoms with Crippen molar-refractivity contribution in [3.05, 3.63) is 0 Å². The van der Waals surface area contributed by atoms with Crippen LogP contribution in [-0.4, -0.2) is 39.4 Å². The van der Waals surface area contributed by atoms with Crippen LogP contribution in [0.2, 0.25) is 0 Å². The van der Waals surface area contributed by atoms with Crippen LogP contribution in [0.1, 0.15) is 6.92 Å². The predicted molar refractivity (Wildman–Crippen MR) is 36.4 cm³/mol. The molecule has 0 spiro atoms. The van der Waals surface area contributed by atoms with E-state index in [4.69, 9.17) is 5.73 Å². The van der Waals surface area contributed by atoms with E-state index >= 15 is 0 Å². The monoisotopic (exact) mass is 153 g/mol. The van der Waals surface area contributed by atoms with Gasteiger partial charge in [-0.2, -0.15) is 0 Å². The molecule has 0 fully saturated rings. The standard InChI is InChI=1S/C2H7N.6H2O/c1-2-3;;;;;;/h2-3H2,1H3;6*1H2. The summed E-state index contributed by atoms with van der Waals surface area (Å²) in [6.07, 6.45) is 0. The second kappa shape index (κ2) is 672. The van der Waals surface area contributed by atoms with E-state index in [-0.39, 0.29) is 32.9 Å². The van der Waals surface area contributed by atoms with Crippen LogP contribution in [0.15, 0.2) is 0 Å². The first kappa shape index (κ1) is 176. The summed E-state index contributed by atoms with van der Waals surface area (Å²) >= 11 is 0. The maximum absolute atomic E-state index is 4.85. The number of rotatable bonds is 0. The third-order valence-corrected chi connectivity index (χ3v) is 0. The summed E-state index contributed by atoms with van der Waals surface area (Å²) in [5, 5.41) is 0. The fourth-order valence-corrected chi connectivity index (χ4v) is 0. The van der Waals surface area contributed by atoms with Gasteiger partial charge in [0.15, 0.2) is 0 Å². The Balaban J connectivity index is -0.00000000133. The molecule has 7 heteroatoms. The molecule has 0 aromatic carbocycles. The first-order chi connectivity index (χ1) is 1.41. The molecular weight excluding hydrogens is 134 g/mol. The lowest BCUT2D eigenvalue weighted by Gasteiger charge is -1.53. The van der Waals surface area contributed by atoms with E-state index in [0.717, 1.165) is 6.54 Å². The first-order valence-electron chi connectivity index (χ1n) is 1.12. The molecule has 0 atom stereocenters. The van der Waals surface area contributed by atoms with Gasteiger partial charge < -0.3 is 38.6 Å². The third kappa shape index (κ3) is 3220. The Labute approximate surface area is 53.3 Å². The first-order valence-corrected chi connectivity index (χ1v) is 1.12. The molecule has 0 rings (SSSR count). The smallest absolute Gasteiger partial charge is 0.0106 e. The Morgan fingerprint density at radius 1 is 0.778 bits per heavy atom. The van der Waals surface area contributed by atoms with Gasteiger partial charge in [0.05, 0.1) is 0 Å². The largest absolute Gasteiger partial charge is 0.412 e. The predicted octanol–water partition coefficient (Wildman–Crippen LogP) is -4.98. The summed E-state index contributed by atoms with van der Waals surface area (Å²) in [7, 11) is 0. The normalized spacial score (nSPS) is 2.00. The fraction of sp³-hybridized carbons (Fsp3) is 1.00. The van der Waals surface area contributed by atoms with Gasteiger partial charge in [-0.15, -0.1) is 0 Å². The molecule has 0 unspecified atom stereocenters. The Hall–Kier alpha value is -0.280. The molecule has 0 aliphatic heterocycles. The SMILES string of the molecule is CCN.O.O.O.O.O.O. The summed E-state index contributed by atoms with van der Waals surface area (Å²) in [5.41, 5.74) is 4.85. The van der Waals surface area contributed by atoms with E-state index in [2.05, 4.69) is 0 Å². The van der Waals surface area contributed by atoms with Gasteiger partial charge in [-0.3, -0.25) is 0 Å². The molecule has 0 amide bonds.